The van der Waals surface area contributed by atoms with Crippen molar-refractivity contribution in [2.75, 3.05) is 11.9 Å². The van der Waals surface area contributed by atoms with Gasteiger partial charge in [-0.25, -0.2) is 4.98 Å². The third-order valence-electron chi connectivity index (χ3n) is 3.91. The van der Waals surface area contributed by atoms with Gasteiger partial charge in [-0.2, -0.15) is 5.26 Å². The smallest absolute Gasteiger partial charge is 0.277 e. The van der Waals surface area contributed by atoms with E-state index in [1.54, 1.807) is 36.7 Å². The molecule has 3 aromatic rings. The van der Waals surface area contributed by atoms with Crippen molar-refractivity contribution in [1.29, 1.82) is 5.26 Å². The summed E-state index contributed by atoms with van der Waals surface area (Å²) in [4.78, 5) is 18.6. The highest BCUT2D eigenvalue weighted by Gasteiger charge is 2.17. The lowest BCUT2D eigenvalue weighted by Crippen LogP contribution is -2.26. The number of amides is 1. The number of aryl methyl sites for hydroxylation is 2. The maximum absolute atomic E-state index is 12.6. The molecule has 124 valence electrons. The highest BCUT2D eigenvalue weighted by atomic mass is 32.1. The Morgan fingerprint density at radius 2 is 1.96 bits per heavy atom. The highest BCUT2D eigenvalue weighted by Crippen LogP contribution is 2.19. The van der Waals surface area contributed by atoms with E-state index in [0.29, 0.717) is 16.9 Å². The minimum atomic E-state index is -0.169. The summed E-state index contributed by atoms with van der Waals surface area (Å²) in [6, 6.07) is 19.3. The Morgan fingerprint density at radius 1 is 1.16 bits per heavy atom. The Balaban J connectivity index is 1.68. The highest BCUT2D eigenvalue weighted by molar-refractivity contribution is 7.09. The largest absolute Gasteiger partial charge is 0.310 e. The lowest BCUT2D eigenvalue weighted by molar-refractivity contribution is 0.0989. The number of benzene rings is 2. The minimum absolute atomic E-state index is 0.169. The number of aromatic nitrogens is 1. The van der Waals surface area contributed by atoms with Crippen molar-refractivity contribution in [2.24, 2.45) is 0 Å². The molecule has 2 aromatic carbocycles. The molecule has 1 amide bonds. The molecule has 0 bridgehead atoms. The van der Waals surface area contributed by atoms with E-state index in [1.807, 2.05) is 18.2 Å². The monoisotopic (exact) mass is 347 g/mol. The molecule has 0 fully saturated rings. The number of hydrogen-bond acceptors (Lipinski definition) is 4. The van der Waals surface area contributed by atoms with Gasteiger partial charge in [0.15, 0.2) is 0 Å². The molecule has 0 radical (unpaired) electrons. The van der Waals surface area contributed by atoms with Crippen molar-refractivity contribution in [3.63, 3.8) is 0 Å². The van der Waals surface area contributed by atoms with Gasteiger partial charge in [0.1, 0.15) is 5.69 Å². The first-order valence-electron chi connectivity index (χ1n) is 7.94. The average molecular weight is 347 g/mol. The molecular weight excluding hydrogens is 330 g/mol. The molecule has 0 unspecified atom stereocenters. The van der Waals surface area contributed by atoms with Gasteiger partial charge in [-0.15, -0.1) is 11.3 Å². The Kier molecular flexibility index (Phi) is 5.22. The standard InChI is InChI=1S/C20H17N3OS/c1-23(17-9-5-8-16(12-17)13-21)20(24)18-14-25-19(22-18)11-10-15-6-3-2-4-7-15/h2-9,12,14H,10-11H2,1H3. The third kappa shape index (κ3) is 4.11. The number of carbonyl (C=O) groups is 1. The molecule has 1 aromatic heterocycles. The van der Waals surface area contributed by atoms with Gasteiger partial charge in [0, 0.05) is 24.5 Å². The maximum atomic E-state index is 12.6. The summed E-state index contributed by atoms with van der Waals surface area (Å²) in [5.74, 6) is -0.169. The lowest BCUT2D eigenvalue weighted by Gasteiger charge is -2.16. The van der Waals surface area contributed by atoms with Crippen LogP contribution in [0.2, 0.25) is 0 Å². The van der Waals surface area contributed by atoms with Gasteiger partial charge in [-0.3, -0.25) is 4.79 Å². The number of nitriles is 1. The third-order valence-corrected chi connectivity index (χ3v) is 4.82. The predicted molar refractivity (Wildman–Crippen MR) is 99.9 cm³/mol. The molecule has 1 heterocycles. The van der Waals surface area contributed by atoms with Gasteiger partial charge < -0.3 is 4.90 Å². The molecule has 25 heavy (non-hydrogen) atoms. The fourth-order valence-corrected chi connectivity index (χ4v) is 3.27. The summed E-state index contributed by atoms with van der Waals surface area (Å²) < 4.78 is 0. The number of hydrogen-bond donors (Lipinski definition) is 0. The normalized spacial score (nSPS) is 10.2. The molecule has 0 N–H and O–H groups in total. The fourth-order valence-electron chi connectivity index (χ4n) is 2.49. The zero-order valence-corrected chi connectivity index (χ0v) is 14.7. The van der Waals surface area contributed by atoms with Crippen LogP contribution in [0.5, 0.6) is 0 Å². The summed E-state index contributed by atoms with van der Waals surface area (Å²) in [5.41, 5.74) is 2.91. The van der Waals surface area contributed by atoms with Gasteiger partial charge in [-0.1, -0.05) is 36.4 Å². The molecule has 0 spiro atoms. The van der Waals surface area contributed by atoms with Crippen molar-refractivity contribution >= 4 is 22.9 Å². The van der Waals surface area contributed by atoms with E-state index in [4.69, 9.17) is 5.26 Å². The van der Waals surface area contributed by atoms with Crippen molar-refractivity contribution < 1.29 is 4.79 Å². The number of nitrogens with zero attached hydrogens (tertiary/aromatic N) is 3. The number of carbonyl (C=O) groups excluding carboxylic acids is 1. The predicted octanol–water partition coefficient (Wildman–Crippen LogP) is 4.08. The molecule has 0 aliphatic rings. The van der Waals surface area contributed by atoms with Crippen LogP contribution in [0.1, 0.15) is 26.6 Å². The van der Waals surface area contributed by atoms with Crippen LogP contribution >= 0.6 is 11.3 Å². The van der Waals surface area contributed by atoms with Gasteiger partial charge in [0.05, 0.1) is 16.6 Å². The first kappa shape index (κ1) is 16.9. The molecule has 3 rings (SSSR count). The Bertz CT molecular complexity index is 912. The van der Waals surface area contributed by atoms with E-state index < -0.39 is 0 Å². The lowest BCUT2D eigenvalue weighted by atomic mass is 10.1. The Labute approximate surface area is 151 Å². The van der Waals surface area contributed by atoms with Gasteiger partial charge in [0.25, 0.3) is 5.91 Å². The first-order chi connectivity index (χ1) is 12.2. The van der Waals surface area contributed by atoms with Crippen molar-refractivity contribution in [3.8, 4) is 6.07 Å². The second-order valence-electron chi connectivity index (χ2n) is 5.64. The SMILES string of the molecule is CN(C(=O)c1csc(CCc2ccccc2)n1)c1cccc(C#N)c1. The molecule has 0 aliphatic heterocycles. The van der Waals surface area contributed by atoms with Crippen molar-refractivity contribution in [3.05, 3.63) is 81.8 Å². The fraction of sp³-hybridized carbons (Fsp3) is 0.150. The average Bonchev–Trinajstić information content (AvgIpc) is 3.15. The van der Waals surface area contributed by atoms with Crippen LogP contribution in [-0.2, 0) is 12.8 Å². The van der Waals surface area contributed by atoms with Crippen LogP contribution in [0, 0.1) is 11.3 Å². The second-order valence-corrected chi connectivity index (χ2v) is 6.58. The quantitative estimate of drug-likeness (QED) is 0.699. The van der Waals surface area contributed by atoms with Crippen LogP contribution in [0.4, 0.5) is 5.69 Å². The van der Waals surface area contributed by atoms with E-state index in [-0.39, 0.29) is 5.91 Å². The molecular formula is C20H17N3OS. The first-order valence-corrected chi connectivity index (χ1v) is 8.82. The van der Waals surface area contributed by atoms with Gasteiger partial charge in [0.2, 0.25) is 0 Å². The molecule has 4 nitrogen and oxygen atoms in total. The van der Waals surface area contributed by atoms with E-state index in [9.17, 15) is 4.79 Å². The summed E-state index contributed by atoms with van der Waals surface area (Å²) in [7, 11) is 1.70. The summed E-state index contributed by atoms with van der Waals surface area (Å²) >= 11 is 1.51. The van der Waals surface area contributed by atoms with Crippen LogP contribution in [0.3, 0.4) is 0 Å². The Morgan fingerprint density at radius 3 is 2.72 bits per heavy atom. The van der Waals surface area contributed by atoms with Gasteiger partial charge >= 0.3 is 0 Å². The molecule has 0 atom stereocenters. The summed E-state index contributed by atoms with van der Waals surface area (Å²) in [5, 5.41) is 11.7. The van der Waals surface area contributed by atoms with E-state index in [0.717, 1.165) is 17.8 Å². The second kappa shape index (κ2) is 7.73. The molecule has 0 saturated carbocycles. The number of anilines is 1. The Hall–Kier alpha value is -2.97. The molecule has 0 saturated heterocycles. The zero-order valence-electron chi connectivity index (χ0n) is 13.8. The summed E-state index contributed by atoms with van der Waals surface area (Å²) in [6.07, 6.45) is 1.72. The van der Waals surface area contributed by atoms with Crippen molar-refractivity contribution in [2.45, 2.75) is 12.8 Å². The number of rotatable bonds is 5. The van der Waals surface area contributed by atoms with Crippen LogP contribution in [-0.4, -0.2) is 17.9 Å². The van der Waals surface area contributed by atoms with Gasteiger partial charge in [-0.05, 0) is 30.2 Å². The van der Waals surface area contributed by atoms with Crippen molar-refractivity contribution in [1.82, 2.24) is 4.98 Å². The molecule has 0 aliphatic carbocycles. The molecule has 5 heteroatoms. The van der Waals surface area contributed by atoms with Crippen LogP contribution < -0.4 is 4.90 Å². The van der Waals surface area contributed by atoms with E-state index in [1.165, 1.54) is 21.8 Å². The topological polar surface area (TPSA) is 57.0 Å². The minimum Gasteiger partial charge on any atom is -0.310 e. The number of thiazole rings is 1. The summed E-state index contributed by atoms with van der Waals surface area (Å²) in [6.45, 7) is 0. The van der Waals surface area contributed by atoms with Crippen LogP contribution in [0.25, 0.3) is 0 Å². The van der Waals surface area contributed by atoms with E-state index in [2.05, 4.69) is 23.2 Å². The van der Waals surface area contributed by atoms with E-state index >= 15 is 0 Å². The zero-order chi connectivity index (χ0) is 17.6. The maximum Gasteiger partial charge on any atom is 0.277 e. The van der Waals surface area contributed by atoms with Crippen LogP contribution in [0.15, 0.2) is 60.0 Å².